The molecule has 1 N–H and O–H groups in total. The first-order valence-corrected chi connectivity index (χ1v) is 10.7. The minimum absolute atomic E-state index is 0.142. The van der Waals surface area contributed by atoms with Gasteiger partial charge < -0.3 is 14.5 Å². The molecule has 22 heavy (non-hydrogen) atoms. The predicted octanol–water partition coefficient (Wildman–Crippen LogP) is 4.14. The molecule has 1 atom stereocenters. The molecule has 0 aliphatic carbocycles. The average molecular weight is 321 g/mol. The quantitative estimate of drug-likeness (QED) is 0.671. The van der Waals surface area contributed by atoms with Gasteiger partial charge in [-0.05, 0) is 48.3 Å². The second-order valence-corrected chi connectivity index (χ2v) is 12.1. The standard InChI is InChI=1S/C17H27NO3Si/c1-17(2,3)22(5,6)21-12-7-8-15-14(11-12)13(9-10-18-15)16(19)20-4/h7-8,11,13,18H,9-10H2,1-6H3. The first-order chi connectivity index (χ1) is 10.2. The molecule has 1 aliphatic rings. The fourth-order valence-corrected chi connectivity index (χ4v) is 3.42. The Morgan fingerprint density at radius 2 is 2.00 bits per heavy atom. The van der Waals surface area contributed by atoms with Crippen molar-refractivity contribution >= 4 is 20.0 Å². The third-order valence-corrected chi connectivity index (χ3v) is 9.17. The van der Waals surface area contributed by atoms with E-state index < -0.39 is 8.32 Å². The highest BCUT2D eigenvalue weighted by Gasteiger charge is 2.39. The highest BCUT2D eigenvalue weighted by Crippen LogP contribution is 2.40. The zero-order chi connectivity index (χ0) is 16.5. The summed E-state index contributed by atoms with van der Waals surface area (Å²) in [6.45, 7) is 11.9. The molecule has 4 nitrogen and oxygen atoms in total. The highest BCUT2D eigenvalue weighted by molar-refractivity contribution is 6.74. The summed E-state index contributed by atoms with van der Waals surface area (Å²) in [4.78, 5) is 12.0. The van der Waals surface area contributed by atoms with Gasteiger partial charge in [0.1, 0.15) is 5.75 Å². The lowest BCUT2D eigenvalue weighted by Crippen LogP contribution is -2.43. The minimum Gasteiger partial charge on any atom is -0.543 e. The van der Waals surface area contributed by atoms with Crippen molar-refractivity contribution in [3.8, 4) is 5.75 Å². The summed E-state index contributed by atoms with van der Waals surface area (Å²) < 4.78 is 11.3. The van der Waals surface area contributed by atoms with E-state index >= 15 is 0 Å². The zero-order valence-electron chi connectivity index (χ0n) is 14.4. The maximum Gasteiger partial charge on any atom is 0.313 e. The summed E-state index contributed by atoms with van der Waals surface area (Å²) in [5, 5.41) is 3.48. The van der Waals surface area contributed by atoms with Crippen LogP contribution in [0.15, 0.2) is 18.2 Å². The smallest absolute Gasteiger partial charge is 0.313 e. The number of esters is 1. The van der Waals surface area contributed by atoms with E-state index in [1.807, 2.05) is 18.2 Å². The normalized spacial score (nSPS) is 18.2. The molecule has 1 heterocycles. The fourth-order valence-electron chi connectivity index (χ4n) is 2.40. The number of hydrogen-bond acceptors (Lipinski definition) is 4. The predicted molar refractivity (Wildman–Crippen MR) is 92.1 cm³/mol. The van der Waals surface area contributed by atoms with E-state index in [9.17, 15) is 4.79 Å². The van der Waals surface area contributed by atoms with Crippen molar-refractivity contribution in [2.75, 3.05) is 19.0 Å². The van der Waals surface area contributed by atoms with Crippen molar-refractivity contribution < 1.29 is 14.0 Å². The molecule has 1 unspecified atom stereocenters. The van der Waals surface area contributed by atoms with Crippen LogP contribution in [-0.4, -0.2) is 27.9 Å². The summed E-state index contributed by atoms with van der Waals surface area (Å²) in [6.07, 6.45) is 0.753. The van der Waals surface area contributed by atoms with Crippen LogP contribution in [0.2, 0.25) is 18.1 Å². The van der Waals surface area contributed by atoms with Gasteiger partial charge in [0.15, 0.2) is 0 Å². The second kappa shape index (κ2) is 5.95. The molecule has 5 heteroatoms. The van der Waals surface area contributed by atoms with Crippen molar-refractivity contribution in [1.82, 2.24) is 0 Å². The van der Waals surface area contributed by atoms with Gasteiger partial charge in [-0.1, -0.05) is 20.8 Å². The number of carbonyl (C=O) groups excluding carboxylic acids is 1. The van der Waals surface area contributed by atoms with E-state index in [1.165, 1.54) is 7.11 Å². The Labute approximate surface area is 134 Å². The molecule has 0 amide bonds. The molecule has 0 radical (unpaired) electrons. The number of nitrogens with one attached hydrogen (secondary N) is 1. The molecule has 2 rings (SSSR count). The van der Waals surface area contributed by atoms with Crippen LogP contribution in [0, 0.1) is 0 Å². The van der Waals surface area contributed by atoms with E-state index in [4.69, 9.17) is 9.16 Å². The van der Waals surface area contributed by atoms with Crippen LogP contribution >= 0.6 is 0 Å². The summed E-state index contributed by atoms with van der Waals surface area (Å²) >= 11 is 0. The molecular formula is C17H27NO3Si. The van der Waals surface area contributed by atoms with Crippen molar-refractivity contribution in [3.63, 3.8) is 0 Å². The highest BCUT2D eigenvalue weighted by atomic mass is 28.4. The van der Waals surface area contributed by atoms with Gasteiger partial charge in [-0.3, -0.25) is 4.79 Å². The van der Waals surface area contributed by atoms with E-state index in [2.05, 4.69) is 39.2 Å². The average Bonchev–Trinajstić information content (AvgIpc) is 2.44. The van der Waals surface area contributed by atoms with Crippen molar-refractivity contribution in [2.45, 2.75) is 51.2 Å². The Kier molecular flexibility index (Phi) is 4.56. The first kappa shape index (κ1) is 16.9. The topological polar surface area (TPSA) is 47.6 Å². The van der Waals surface area contributed by atoms with Crippen LogP contribution in [0.1, 0.15) is 38.7 Å². The SMILES string of the molecule is COC(=O)C1CCNc2ccc(O[Si](C)(C)C(C)(C)C)cc21. The molecule has 1 aromatic carbocycles. The number of rotatable bonds is 3. The Morgan fingerprint density at radius 3 is 2.59 bits per heavy atom. The lowest BCUT2D eigenvalue weighted by atomic mass is 9.91. The Bertz CT molecular complexity index is 564. The van der Waals surface area contributed by atoms with E-state index in [0.717, 1.165) is 30.0 Å². The number of ether oxygens (including phenoxy) is 1. The van der Waals surface area contributed by atoms with Crippen LogP contribution in [0.5, 0.6) is 5.75 Å². The third kappa shape index (κ3) is 3.29. The maximum absolute atomic E-state index is 12.0. The second-order valence-electron chi connectivity index (χ2n) is 7.40. The Balaban J connectivity index is 2.32. The van der Waals surface area contributed by atoms with Gasteiger partial charge in [0, 0.05) is 12.2 Å². The summed E-state index contributed by atoms with van der Waals surface area (Å²) in [5.74, 6) is 0.472. The maximum atomic E-state index is 12.0. The molecule has 0 saturated carbocycles. The zero-order valence-corrected chi connectivity index (χ0v) is 15.4. The van der Waals surface area contributed by atoms with Gasteiger partial charge in [0.05, 0.1) is 13.0 Å². The van der Waals surface area contributed by atoms with Crippen molar-refractivity contribution in [1.29, 1.82) is 0 Å². The lowest BCUT2D eigenvalue weighted by molar-refractivity contribution is -0.142. The van der Waals surface area contributed by atoms with Crippen LogP contribution < -0.4 is 9.74 Å². The summed E-state index contributed by atoms with van der Waals surface area (Å²) in [6, 6.07) is 6.00. The fraction of sp³-hybridized carbons (Fsp3) is 0.588. The number of carbonyl (C=O) groups is 1. The molecule has 0 saturated heterocycles. The summed E-state index contributed by atoms with van der Waals surface area (Å²) in [7, 11) is -0.441. The van der Waals surface area contributed by atoms with E-state index in [1.54, 1.807) is 0 Å². The van der Waals surface area contributed by atoms with Gasteiger partial charge in [0.25, 0.3) is 0 Å². The summed E-state index contributed by atoms with van der Waals surface area (Å²) in [5.41, 5.74) is 1.98. The van der Waals surface area contributed by atoms with Crippen LogP contribution in [0.25, 0.3) is 0 Å². The molecule has 122 valence electrons. The van der Waals surface area contributed by atoms with Crippen LogP contribution in [0.3, 0.4) is 0 Å². The minimum atomic E-state index is -1.89. The molecular weight excluding hydrogens is 294 g/mol. The van der Waals surface area contributed by atoms with Gasteiger partial charge in [-0.25, -0.2) is 0 Å². The van der Waals surface area contributed by atoms with Crippen molar-refractivity contribution in [3.05, 3.63) is 23.8 Å². The van der Waals surface area contributed by atoms with E-state index in [0.29, 0.717) is 0 Å². The molecule has 1 aliphatic heterocycles. The lowest BCUT2D eigenvalue weighted by Gasteiger charge is -2.37. The van der Waals surface area contributed by atoms with Crippen LogP contribution in [-0.2, 0) is 9.53 Å². The number of fused-ring (bicyclic) bond motifs is 1. The van der Waals surface area contributed by atoms with E-state index in [-0.39, 0.29) is 16.9 Å². The largest absolute Gasteiger partial charge is 0.543 e. The monoisotopic (exact) mass is 321 g/mol. The van der Waals surface area contributed by atoms with Gasteiger partial charge in [-0.2, -0.15) is 0 Å². The number of hydrogen-bond donors (Lipinski definition) is 1. The van der Waals surface area contributed by atoms with Gasteiger partial charge in [0.2, 0.25) is 8.32 Å². The number of anilines is 1. The molecule has 0 fully saturated rings. The third-order valence-electron chi connectivity index (χ3n) is 4.81. The Hall–Kier alpha value is -1.49. The Morgan fingerprint density at radius 1 is 1.32 bits per heavy atom. The molecule has 0 aromatic heterocycles. The van der Waals surface area contributed by atoms with Crippen molar-refractivity contribution in [2.24, 2.45) is 0 Å². The number of benzene rings is 1. The molecule has 0 spiro atoms. The first-order valence-electron chi connectivity index (χ1n) is 7.80. The van der Waals surface area contributed by atoms with Gasteiger partial charge >= 0.3 is 5.97 Å². The van der Waals surface area contributed by atoms with Crippen LogP contribution in [0.4, 0.5) is 5.69 Å². The van der Waals surface area contributed by atoms with Gasteiger partial charge in [-0.15, -0.1) is 0 Å². The number of methoxy groups -OCH3 is 1. The molecule has 0 bridgehead atoms. The molecule has 1 aromatic rings.